The van der Waals surface area contributed by atoms with Gasteiger partial charge in [0.2, 0.25) is 0 Å². The summed E-state index contributed by atoms with van der Waals surface area (Å²) in [5.74, 6) is 0.777. The van der Waals surface area contributed by atoms with Gasteiger partial charge >= 0.3 is 0 Å². The molecule has 1 aromatic carbocycles. The highest BCUT2D eigenvalue weighted by molar-refractivity contribution is 5.21. The summed E-state index contributed by atoms with van der Waals surface area (Å²) >= 11 is 0. The molecule has 0 spiro atoms. The predicted octanol–water partition coefficient (Wildman–Crippen LogP) is 2.53. The molecule has 0 aliphatic heterocycles. The highest BCUT2D eigenvalue weighted by Gasteiger charge is 2.05. The van der Waals surface area contributed by atoms with Crippen molar-refractivity contribution >= 4 is 0 Å². The summed E-state index contributed by atoms with van der Waals surface area (Å²) in [4.78, 5) is 0. The second-order valence-corrected chi connectivity index (χ2v) is 2.56. The maximum Gasteiger partial charge on any atom is 0.152 e. The van der Waals surface area contributed by atoms with Crippen LogP contribution in [0.4, 0.5) is 0 Å². The second-order valence-electron chi connectivity index (χ2n) is 2.56. The van der Waals surface area contributed by atoms with Crippen molar-refractivity contribution < 1.29 is 9.84 Å². The van der Waals surface area contributed by atoms with Gasteiger partial charge in [-0.2, -0.15) is 0 Å². The van der Waals surface area contributed by atoms with Crippen molar-refractivity contribution in [1.29, 1.82) is 0 Å². The predicted molar refractivity (Wildman–Crippen MR) is 48.3 cm³/mol. The Labute approximate surface area is 72.1 Å². The number of hydrogen-bond acceptors (Lipinski definition) is 2. The standard InChI is InChI=1S/C10H12O2/c1-8(11)9(2)12-10-6-4-3-5-7-10/h3-7,9,11H,1H2,2H3. The Bertz CT molecular complexity index is 254. The molecule has 0 heterocycles. The van der Waals surface area contributed by atoms with Gasteiger partial charge in [0.25, 0.3) is 0 Å². The van der Waals surface area contributed by atoms with Crippen molar-refractivity contribution in [2.75, 3.05) is 0 Å². The first-order valence-corrected chi connectivity index (χ1v) is 3.79. The van der Waals surface area contributed by atoms with Crippen LogP contribution in [-0.2, 0) is 0 Å². The van der Waals surface area contributed by atoms with Gasteiger partial charge in [0, 0.05) is 0 Å². The smallest absolute Gasteiger partial charge is 0.152 e. The van der Waals surface area contributed by atoms with Crippen LogP contribution >= 0.6 is 0 Å². The van der Waals surface area contributed by atoms with Gasteiger partial charge in [-0.05, 0) is 19.1 Å². The van der Waals surface area contributed by atoms with Gasteiger partial charge in [0.05, 0.1) is 0 Å². The molecule has 1 atom stereocenters. The van der Waals surface area contributed by atoms with E-state index in [-0.39, 0.29) is 11.9 Å². The lowest BCUT2D eigenvalue weighted by atomic mass is 10.3. The Morgan fingerprint density at radius 2 is 2.00 bits per heavy atom. The van der Waals surface area contributed by atoms with Crippen LogP contribution in [0.25, 0.3) is 0 Å². The van der Waals surface area contributed by atoms with E-state index in [1.54, 1.807) is 6.92 Å². The van der Waals surface area contributed by atoms with Gasteiger partial charge in [0.1, 0.15) is 11.5 Å². The third kappa shape index (κ3) is 2.31. The zero-order chi connectivity index (χ0) is 8.97. The third-order valence-electron chi connectivity index (χ3n) is 1.53. The van der Waals surface area contributed by atoms with E-state index >= 15 is 0 Å². The van der Waals surface area contributed by atoms with Crippen LogP contribution in [-0.4, -0.2) is 11.2 Å². The first-order chi connectivity index (χ1) is 5.70. The number of aliphatic hydroxyl groups excluding tert-OH is 1. The maximum atomic E-state index is 8.96. The number of hydrogen-bond donors (Lipinski definition) is 1. The monoisotopic (exact) mass is 164 g/mol. The zero-order valence-electron chi connectivity index (χ0n) is 7.03. The van der Waals surface area contributed by atoms with Crippen molar-refractivity contribution in [2.45, 2.75) is 13.0 Å². The minimum absolute atomic E-state index is 0.0406. The van der Waals surface area contributed by atoms with E-state index in [0.717, 1.165) is 5.75 Å². The van der Waals surface area contributed by atoms with Gasteiger partial charge in [-0.25, -0.2) is 0 Å². The molecule has 2 heteroatoms. The van der Waals surface area contributed by atoms with Crippen LogP contribution < -0.4 is 4.74 Å². The fraction of sp³-hybridized carbons (Fsp3) is 0.200. The molecule has 1 aromatic rings. The van der Waals surface area contributed by atoms with Gasteiger partial charge < -0.3 is 9.84 Å². The SMILES string of the molecule is C=C(O)C(C)Oc1ccccc1. The highest BCUT2D eigenvalue weighted by Crippen LogP contribution is 2.12. The van der Waals surface area contributed by atoms with E-state index in [1.807, 2.05) is 30.3 Å². The fourth-order valence-electron chi connectivity index (χ4n) is 0.771. The molecule has 0 saturated carbocycles. The van der Waals surface area contributed by atoms with Gasteiger partial charge in [-0.3, -0.25) is 0 Å². The molecule has 64 valence electrons. The molecule has 0 aliphatic carbocycles. The minimum Gasteiger partial charge on any atom is -0.509 e. The molecule has 0 saturated heterocycles. The average Bonchev–Trinajstić information content (AvgIpc) is 2.06. The molecule has 12 heavy (non-hydrogen) atoms. The molecular formula is C10H12O2. The summed E-state index contributed by atoms with van der Waals surface area (Å²) < 4.78 is 5.33. The van der Waals surface area contributed by atoms with Crippen molar-refractivity contribution in [2.24, 2.45) is 0 Å². The molecule has 1 unspecified atom stereocenters. The topological polar surface area (TPSA) is 29.5 Å². The Kier molecular flexibility index (Phi) is 2.75. The lowest BCUT2D eigenvalue weighted by Gasteiger charge is -2.12. The van der Waals surface area contributed by atoms with E-state index in [4.69, 9.17) is 9.84 Å². The van der Waals surface area contributed by atoms with Gasteiger partial charge in [-0.1, -0.05) is 24.8 Å². The summed E-state index contributed by atoms with van der Waals surface area (Å²) in [6.45, 7) is 5.13. The number of para-hydroxylation sites is 1. The summed E-state index contributed by atoms with van der Waals surface area (Å²) in [6, 6.07) is 9.33. The van der Waals surface area contributed by atoms with E-state index < -0.39 is 0 Å². The summed E-state index contributed by atoms with van der Waals surface area (Å²) in [5.41, 5.74) is 0. The average molecular weight is 164 g/mol. The highest BCUT2D eigenvalue weighted by atomic mass is 16.5. The van der Waals surface area contributed by atoms with Crippen LogP contribution in [0.5, 0.6) is 5.75 Å². The van der Waals surface area contributed by atoms with Crippen molar-refractivity contribution in [1.82, 2.24) is 0 Å². The Hall–Kier alpha value is -1.44. The number of rotatable bonds is 3. The van der Waals surface area contributed by atoms with Crippen LogP contribution in [0.1, 0.15) is 6.92 Å². The normalized spacial score (nSPS) is 12.1. The lowest BCUT2D eigenvalue weighted by Crippen LogP contribution is -2.13. The van der Waals surface area contributed by atoms with E-state index in [2.05, 4.69) is 6.58 Å². The van der Waals surface area contributed by atoms with E-state index in [9.17, 15) is 0 Å². The quantitative estimate of drug-likeness (QED) is 0.695. The Morgan fingerprint density at radius 3 is 2.50 bits per heavy atom. The van der Waals surface area contributed by atoms with Crippen LogP contribution in [0.3, 0.4) is 0 Å². The molecule has 0 radical (unpaired) electrons. The summed E-state index contributed by atoms with van der Waals surface area (Å²) in [7, 11) is 0. The zero-order valence-corrected chi connectivity index (χ0v) is 7.03. The van der Waals surface area contributed by atoms with Gasteiger partial charge in [0.15, 0.2) is 6.10 Å². The molecule has 0 fully saturated rings. The largest absolute Gasteiger partial charge is 0.509 e. The third-order valence-corrected chi connectivity index (χ3v) is 1.53. The lowest BCUT2D eigenvalue weighted by molar-refractivity contribution is 0.193. The second kappa shape index (κ2) is 3.81. The van der Waals surface area contributed by atoms with Crippen molar-refractivity contribution in [3.63, 3.8) is 0 Å². The minimum atomic E-state index is -0.354. The Balaban J connectivity index is 2.58. The first-order valence-electron chi connectivity index (χ1n) is 3.79. The number of ether oxygens (including phenoxy) is 1. The molecule has 2 nitrogen and oxygen atoms in total. The van der Waals surface area contributed by atoms with Crippen LogP contribution in [0.2, 0.25) is 0 Å². The summed E-state index contributed by atoms with van der Waals surface area (Å²) in [5, 5.41) is 8.96. The number of benzene rings is 1. The summed E-state index contributed by atoms with van der Waals surface area (Å²) in [6.07, 6.45) is -0.354. The Morgan fingerprint density at radius 1 is 1.42 bits per heavy atom. The van der Waals surface area contributed by atoms with Gasteiger partial charge in [-0.15, -0.1) is 0 Å². The van der Waals surface area contributed by atoms with Crippen LogP contribution in [0, 0.1) is 0 Å². The molecule has 0 aliphatic rings. The maximum absolute atomic E-state index is 8.96. The molecule has 1 rings (SSSR count). The molecule has 1 N–H and O–H groups in total. The van der Waals surface area contributed by atoms with Crippen LogP contribution in [0.15, 0.2) is 42.7 Å². The number of aliphatic hydroxyl groups is 1. The molecular weight excluding hydrogens is 152 g/mol. The van der Waals surface area contributed by atoms with E-state index in [0.29, 0.717) is 0 Å². The molecule has 0 bridgehead atoms. The van der Waals surface area contributed by atoms with Crippen molar-refractivity contribution in [3.05, 3.63) is 42.7 Å². The fourth-order valence-corrected chi connectivity index (χ4v) is 0.771. The molecule has 0 amide bonds. The molecule has 0 aromatic heterocycles. The van der Waals surface area contributed by atoms with Crippen molar-refractivity contribution in [3.8, 4) is 5.75 Å². The first kappa shape index (κ1) is 8.65. The van der Waals surface area contributed by atoms with E-state index in [1.165, 1.54) is 0 Å².